The Balaban J connectivity index is 2.43. The molecule has 4 nitrogen and oxygen atoms in total. The molecule has 0 atom stereocenters. The van der Waals surface area contributed by atoms with Gasteiger partial charge in [0, 0.05) is 3.57 Å². The number of hydrogen-bond acceptors (Lipinski definition) is 4. The van der Waals surface area contributed by atoms with Gasteiger partial charge in [0.25, 0.3) is 0 Å². The number of hydrogen-bond donors (Lipinski definition) is 2. The quantitative estimate of drug-likeness (QED) is 0.538. The molecule has 1 aromatic rings. The molecule has 0 saturated heterocycles. The summed E-state index contributed by atoms with van der Waals surface area (Å²) >= 11 is 2.17. The van der Waals surface area contributed by atoms with Gasteiger partial charge in [-0.3, -0.25) is 0 Å². The number of halogens is 1. The van der Waals surface area contributed by atoms with Crippen molar-refractivity contribution in [1.82, 2.24) is 0 Å². The average Bonchev–Trinajstić information content (AvgIpc) is 2.21. The Morgan fingerprint density at radius 2 is 1.83 bits per heavy atom. The van der Waals surface area contributed by atoms with Crippen molar-refractivity contribution in [2.24, 2.45) is 11.5 Å². The molecular weight excluding hydrogens is 271 g/mol. The molecule has 0 fully saturated rings. The van der Waals surface area contributed by atoms with E-state index in [1.54, 1.807) is 6.07 Å². The van der Waals surface area contributed by atoms with Crippen molar-refractivity contribution in [2.75, 3.05) is 0 Å². The normalized spacial score (nSPS) is 17.9. The summed E-state index contributed by atoms with van der Waals surface area (Å²) in [6, 6.07) is 3.98. The van der Waals surface area contributed by atoms with Gasteiger partial charge in [-0.1, -0.05) is 0 Å². The molecule has 1 aliphatic rings. The van der Waals surface area contributed by atoms with Crippen molar-refractivity contribution in [2.45, 2.75) is 6.03 Å². The van der Waals surface area contributed by atoms with E-state index in [1.807, 2.05) is 12.1 Å². The van der Waals surface area contributed by atoms with Crippen molar-refractivity contribution in [3.63, 3.8) is 0 Å². The van der Waals surface area contributed by atoms with E-state index in [0.717, 1.165) is 3.57 Å². The summed E-state index contributed by atoms with van der Waals surface area (Å²) in [5.74, 6) is 1.17. The lowest BCUT2D eigenvalue weighted by atomic mass is 10.3. The van der Waals surface area contributed by atoms with Crippen LogP contribution in [0.3, 0.4) is 0 Å². The first-order chi connectivity index (χ1) is 5.57. The van der Waals surface area contributed by atoms with E-state index in [-0.39, 0.29) is 0 Å². The average molecular weight is 278 g/mol. The molecule has 0 spiro atoms. The van der Waals surface area contributed by atoms with Crippen LogP contribution in [0.4, 0.5) is 0 Å². The van der Waals surface area contributed by atoms with Crippen molar-refractivity contribution in [1.29, 1.82) is 0 Å². The van der Waals surface area contributed by atoms with Gasteiger partial charge in [-0.15, -0.1) is 0 Å². The minimum Gasteiger partial charge on any atom is -0.424 e. The number of benzene rings is 1. The topological polar surface area (TPSA) is 70.5 Å². The summed E-state index contributed by atoms with van der Waals surface area (Å²) in [4.78, 5) is 0. The Labute approximate surface area is 83.0 Å². The molecule has 64 valence electrons. The highest BCUT2D eigenvalue weighted by Crippen LogP contribution is 2.36. The van der Waals surface area contributed by atoms with Gasteiger partial charge in [0.05, 0.1) is 0 Å². The Kier molecular flexibility index (Phi) is 1.67. The molecule has 0 bridgehead atoms. The molecule has 1 heterocycles. The predicted octanol–water partition coefficient (Wildman–Crippen LogP) is 0.591. The van der Waals surface area contributed by atoms with E-state index >= 15 is 0 Å². The second-order valence-corrected chi connectivity index (χ2v) is 3.76. The number of nitrogens with two attached hydrogens (primary N) is 2. The van der Waals surface area contributed by atoms with Crippen LogP contribution in [-0.2, 0) is 0 Å². The maximum Gasteiger partial charge on any atom is 0.376 e. The molecule has 5 heteroatoms. The Morgan fingerprint density at radius 3 is 2.58 bits per heavy atom. The van der Waals surface area contributed by atoms with Gasteiger partial charge in [-0.2, -0.15) is 0 Å². The number of fused-ring (bicyclic) bond motifs is 1. The maximum atomic E-state index is 5.41. The Hall–Kier alpha value is -0.530. The fourth-order valence-corrected chi connectivity index (χ4v) is 1.47. The van der Waals surface area contributed by atoms with Crippen molar-refractivity contribution < 1.29 is 9.47 Å². The van der Waals surface area contributed by atoms with E-state index in [1.165, 1.54) is 0 Å². The summed E-state index contributed by atoms with van der Waals surface area (Å²) in [5, 5.41) is 0. The fourth-order valence-electron chi connectivity index (χ4n) is 1.01. The van der Waals surface area contributed by atoms with E-state index < -0.39 is 6.03 Å². The van der Waals surface area contributed by atoms with Crippen LogP contribution in [0.1, 0.15) is 0 Å². The second kappa shape index (κ2) is 2.48. The first kappa shape index (κ1) is 8.09. The van der Waals surface area contributed by atoms with Gasteiger partial charge in [0.2, 0.25) is 0 Å². The van der Waals surface area contributed by atoms with Crippen molar-refractivity contribution in [3.8, 4) is 11.5 Å². The lowest BCUT2D eigenvalue weighted by molar-refractivity contribution is -0.0671. The molecule has 4 N–H and O–H groups in total. The van der Waals surface area contributed by atoms with Gasteiger partial charge >= 0.3 is 6.03 Å². The minimum atomic E-state index is -1.51. The first-order valence-corrected chi connectivity index (χ1v) is 4.40. The van der Waals surface area contributed by atoms with Gasteiger partial charge < -0.3 is 9.47 Å². The standard InChI is InChI=1S/C7H7IN2O2/c8-4-1-2-5-6(3-4)12-7(9,10)11-5/h1-3H,9-10H2. The number of ether oxygens (including phenoxy) is 2. The molecule has 1 aliphatic heterocycles. The van der Waals surface area contributed by atoms with Crippen molar-refractivity contribution in [3.05, 3.63) is 21.8 Å². The zero-order valence-electron chi connectivity index (χ0n) is 6.08. The van der Waals surface area contributed by atoms with E-state index in [9.17, 15) is 0 Å². The third-order valence-electron chi connectivity index (χ3n) is 1.44. The van der Waals surface area contributed by atoms with Crippen LogP contribution in [0.15, 0.2) is 18.2 Å². The summed E-state index contributed by atoms with van der Waals surface area (Å²) < 4.78 is 11.2. The van der Waals surface area contributed by atoms with E-state index in [0.29, 0.717) is 11.5 Å². The van der Waals surface area contributed by atoms with Crippen LogP contribution < -0.4 is 20.9 Å². The summed E-state index contributed by atoms with van der Waals surface area (Å²) in [6.45, 7) is 0. The second-order valence-electron chi connectivity index (χ2n) is 2.52. The molecule has 0 aromatic heterocycles. The zero-order chi connectivity index (χ0) is 8.77. The Morgan fingerprint density at radius 1 is 1.17 bits per heavy atom. The monoisotopic (exact) mass is 278 g/mol. The summed E-state index contributed by atoms with van der Waals surface area (Å²) in [7, 11) is 0. The largest absolute Gasteiger partial charge is 0.424 e. The highest BCUT2D eigenvalue weighted by Gasteiger charge is 2.33. The van der Waals surface area contributed by atoms with Crippen LogP contribution in [0.5, 0.6) is 11.5 Å². The first-order valence-electron chi connectivity index (χ1n) is 3.32. The van der Waals surface area contributed by atoms with Gasteiger partial charge in [0.15, 0.2) is 11.5 Å². The van der Waals surface area contributed by atoms with Gasteiger partial charge in [0.1, 0.15) is 0 Å². The van der Waals surface area contributed by atoms with Crippen LogP contribution >= 0.6 is 22.6 Å². The van der Waals surface area contributed by atoms with Crippen LogP contribution in [0.2, 0.25) is 0 Å². The maximum absolute atomic E-state index is 5.41. The molecular formula is C7H7IN2O2. The van der Waals surface area contributed by atoms with Gasteiger partial charge in [-0.25, -0.2) is 11.5 Å². The number of rotatable bonds is 0. The third-order valence-corrected chi connectivity index (χ3v) is 2.12. The van der Waals surface area contributed by atoms with E-state index in [4.69, 9.17) is 20.9 Å². The highest BCUT2D eigenvalue weighted by molar-refractivity contribution is 14.1. The van der Waals surface area contributed by atoms with Crippen LogP contribution in [-0.4, -0.2) is 6.03 Å². The van der Waals surface area contributed by atoms with Crippen LogP contribution in [0, 0.1) is 3.57 Å². The molecule has 0 amide bonds. The molecule has 0 aliphatic carbocycles. The Bertz CT molecular complexity index is 327. The molecule has 0 unspecified atom stereocenters. The smallest absolute Gasteiger partial charge is 0.376 e. The van der Waals surface area contributed by atoms with Crippen LogP contribution in [0.25, 0.3) is 0 Å². The lowest BCUT2D eigenvalue weighted by Crippen LogP contribution is -2.56. The van der Waals surface area contributed by atoms with Gasteiger partial charge in [-0.05, 0) is 40.8 Å². The zero-order valence-corrected chi connectivity index (χ0v) is 8.24. The molecule has 2 rings (SSSR count). The summed E-state index contributed by atoms with van der Waals surface area (Å²) in [6.07, 6.45) is 0. The molecule has 0 radical (unpaired) electrons. The summed E-state index contributed by atoms with van der Waals surface area (Å²) in [5.41, 5.74) is 10.8. The fraction of sp³-hybridized carbons (Fsp3) is 0.143. The predicted molar refractivity (Wildman–Crippen MR) is 51.5 cm³/mol. The molecule has 0 saturated carbocycles. The lowest BCUT2D eigenvalue weighted by Gasteiger charge is -2.14. The highest BCUT2D eigenvalue weighted by atomic mass is 127. The molecule has 1 aromatic carbocycles. The molecule has 12 heavy (non-hydrogen) atoms. The SMILES string of the molecule is NC1(N)Oc2ccc(I)cc2O1. The van der Waals surface area contributed by atoms with E-state index in [2.05, 4.69) is 22.6 Å². The third kappa shape index (κ3) is 1.35. The van der Waals surface area contributed by atoms with Crippen molar-refractivity contribution >= 4 is 22.6 Å². The minimum absolute atomic E-state index is 0.584.